The van der Waals surface area contributed by atoms with Gasteiger partial charge in [0.15, 0.2) is 0 Å². The van der Waals surface area contributed by atoms with E-state index in [1.807, 2.05) is 36.4 Å². The molecule has 21 heavy (non-hydrogen) atoms. The Labute approximate surface area is 123 Å². The third-order valence-corrected chi connectivity index (χ3v) is 3.87. The zero-order valence-corrected chi connectivity index (χ0v) is 11.4. The normalized spacial score (nSPS) is 16.9. The molecule has 0 bridgehead atoms. The number of benzene rings is 2. The number of rotatable bonds is 2. The number of carbonyl (C=O) groups is 1. The summed E-state index contributed by atoms with van der Waals surface area (Å²) in [4.78, 5) is 13.9. The number of hydrogen-bond donors (Lipinski definition) is 1. The topological polar surface area (TPSA) is 32.3 Å². The predicted molar refractivity (Wildman–Crippen MR) is 83.4 cm³/mol. The molecule has 0 saturated heterocycles. The molecule has 0 saturated carbocycles. The molecule has 1 amide bonds. The largest absolute Gasteiger partial charge is 0.335 e. The molecule has 0 atom stereocenters. The molecule has 4 rings (SSSR count). The molecular formula is C18H14N2O. The fourth-order valence-electron chi connectivity index (χ4n) is 2.90. The predicted octanol–water partition coefficient (Wildman–Crippen LogP) is 2.93. The Kier molecular flexibility index (Phi) is 2.64. The lowest BCUT2D eigenvalue weighted by molar-refractivity contribution is -0.115. The molecule has 2 aliphatic heterocycles. The Bertz CT molecular complexity index is 760. The number of nitrogens with one attached hydrogen (secondary N) is 1. The van der Waals surface area contributed by atoms with E-state index in [1.54, 1.807) is 6.08 Å². The van der Waals surface area contributed by atoms with E-state index in [9.17, 15) is 4.79 Å². The number of para-hydroxylation sites is 1. The van der Waals surface area contributed by atoms with E-state index in [0.717, 1.165) is 34.8 Å². The van der Waals surface area contributed by atoms with Crippen LogP contribution in [0.2, 0.25) is 0 Å². The van der Waals surface area contributed by atoms with Crippen molar-refractivity contribution in [2.24, 2.45) is 0 Å². The Balaban J connectivity index is 1.81. The lowest BCUT2D eigenvalue weighted by Crippen LogP contribution is -2.18. The molecule has 1 N–H and O–H groups in total. The van der Waals surface area contributed by atoms with Crippen molar-refractivity contribution in [2.75, 3.05) is 11.4 Å². The molecule has 0 spiro atoms. The summed E-state index contributed by atoms with van der Waals surface area (Å²) in [6.45, 7) is 0.773. The van der Waals surface area contributed by atoms with Gasteiger partial charge in [0.05, 0.1) is 17.9 Å². The number of amides is 1. The van der Waals surface area contributed by atoms with Crippen molar-refractivity contribution >= 4 is 17.2 Å². The van der Waals surface area contributed by atoms with Crippen LogP contribution in [0.5, 0.6) is 0 Å². The lowest BCUT2D eigenvalue weighted by atomic mass is 10.1. The van der Waals surface area contributed by atoms with E-state index in [4.69, 9.17) is 0 Å². The van der Waals surface area contributed by atoms with Gasteiger partial charge in [0, 0.05) is 17.3 Å². The highest BCUT2D eigenvalue weighted by Gasteiger charge is 2.33. The van der Waals surface area contributed by atoms with Gasteiger partial charge in [-0.3, -0.25) is 4.79 Å². The average Bonchev–Trinajstić information content (AvgIpc) is 3.06. The van der Waals surface area contributed by atoms with Crippen molar-refractivity contribution < 1.29 is 4.79 Å². The first-order valence-electron chi connectivity index (χ1n) is 6.97. The first kappa shape index (κ1) is 12.0. The zero-order chi connectivity index (χ0) is 14.2. The number of hydrogen-bond acceptors (Lipinski definition) is 2. The van der Waals surface area contributed by atoms with E-state index in [2.05, 4.69) is 34.5 Å². The van der Waals surface area contributed by atoms with Gasteiger partial charge in [0.2, 0.25) is 0 Å². The molecule has 3 heteroatoms. The van der Waals surface area contributed by atoms with Crippen LogP contribution >= 0.6 is 0 Å². The van der Waals surface area contributed by atoms with Crippen molar-refractivity contribution in [1.82, 2.24) is 5.32 Å². The van der Waals surface area contributed by atoms with E-state index in [-0.39, 0.29) is 5.91 Å². The van der Waals surface area contributed by atoms with Crippen LogP contribution in [0.15, 0.2) is 78.1 Å². The van der Waals surface area contributed by atoms with Gasteiger partial charge >= 0.3 is 0 Å². The first-order valence-corrected chi connectivity index (χ1v) is 6.97. The zero-order valence-electron chi connectivity index (χ0n) is 11.4. The molecule has 2 aromatic rings. The van der Waals surface area contributed by atoms with Crippen LogP contribution in [-0.4, -0.2) is 12.5 Å². The average molecular weight is 274 g/mol. The van der Waals surface area contributed by atoms with E-state index < -0.39 is 0 Å². The van der Waals surface area contributed by atoms with Gasteiger partial charge in [0.1, 0.15) is 0 Å². The van der Waals surface area contributed by atoms with Gasteiger partial charge in [-0.15, -0.1) is 0 Å². The first-order chi connectivity index (χ1) is 10.3. The van der Waals surface area contributed by atoms with Crippen LogP contribution in [0.25, 0.3) is 5.57 Å². The third kappa shape index (κ3) is 1.94. The Hall–Kier alpha value is -2.81. The number of fused-ring (bicyclic) bond motifs is 1. The van der Waals surface area contributed by atoms with Crippen molar-refractivity contribution in [1.29, 1.82) is 0 Å². The lowest BCUT2D eigenvalue weighted by Gasteiger charge is -2.19. The molecule has 2 heterocycles. The van der Waals surface area contributed by atoms with Gasteiger partial charge in [-0.25, -0.2) is 0 Å². The quantitative estimate of drug-likeness (QED) is 0.913. The van der Waals surface area contributed by atoms with Gasteiger partial charge in [0.25, 0.3) is 5.91 Å². The van der Waals surface area contributed by atoms with Crippen LogP contribution in [0.3, 0.4) is 0 Å². The van der Waals surface area contributed by atoms with Gasteiger partial charge in [-0.05, 0) is 17.7 Å². The highest BCUT2D eigenvalue weighted by Crippen LogP contribution is 2.38. The Morgan fingerprint density at radius 1 is 0.905 bits per heavy atom. The molecule has 0 radical (unpaired) electrons. The van der Waals surface area contributed by atoms with Crippen LogP contribution in [0.1, 0.15) is 5.56 Å². The Morgan fingerprint density at radius 2 is 1.57 bits per heavy atom. The minimum absolute atomic E-state index is 0.0472. The fraction of sp³-hybridized carbons (Fsp3) is 0.0556. The second-order valence-electron chi connectivity index (χ2n) is 5.16. The maximum atomic E-state index is 11.8. The standard InChI is InChI=1S/C18H14N2O/c21-17-11-16-18(19-17)15(13-7-3-1-4-8-13)12-20(16)14-9-5-2-6-10-14/h1-11H,12H2,(H,19,21). The summed E-state index contributed by atoms with van der Waals surface area (Å²) in [6, 6.07) is 20.4. The summed E-state index contributed by atoms with van der Waals surface area (Å²) in [6.07, 6.45) is 1.68. The summed E-state index contributed by atoms with van der Waals surface area (Å²) in [7, 11) is 0. The minimum atomic E-state index is -0.0472. The number of anilines is 1. The summed E-state index contributed by atoms with van der Waals surface area (Å²) in [5.74, 6) is -0.0472. The van der Waals surface area contributed by atoms with Crippen LogP contribution < -0.4 is 10.2 Å². The monoisotopic (exact) mass is 274 g/mol. The molecule has 0 unspecified atom stereocenters. The molecule has 2 aliphatic rings. The highest BCUT2D eigenvalue weighted by atomic mass is 16.1. The maximum absolute atomic E-state index is 11.8. The number of nitrogens with zero attached hydrogens (tertiary/aromatic N) is 1. The van der Waals surface area contributed by atoms with E-state index in [0.29, 0.717) is 0 Å². The van der Waals surface area contributed by atoms with Crippen molar-refractivity contribution in [3.05, 3.63) is 83.7 Å². The second kappa shape index (κ2) is 4.63. The molecule has 102 valence electrons. The van der Waals surface area contributed by atoms with Gasteiger partial charge in [-0.2, -0.15) is 0 Å². The van der Waals surface area contributed by atoms with Crippen LogP contribution in [-0.2, 0) is 4.79 Å². The molecule has 2 aromatic carbocycles. The highest BCUT2D eigenvalue weighted by molar-refractivity contribution is 6.01. The summed E-state index contributed by atoms with van der Waals surface area (Å²) >= 11 is 0. The molecule has 0 fully saturated rings. The SMILES string of the molecule is O=C1C=C2C(=C(c3ccccc3)CN2c2ccccc2)N1. The number of carbonyl (C=O) groups excluding carboxylic acids is 1. The van der Waals surface area contributed by atoms with E-state index >= 15 is 0 Å². The molecular weight excluding hydrogens is 260 g/mol. The minimum Gasteiger partial charge on any atom is -0.335 e. The second-order valence-corrected chi connectivity index (χ2v) is 5.16. The van der Waals surface area contributed by atoms with Crippen LogP contribution in [0.4, 0.5) is 5.69 Å². The van der Waals surface area contributed by atoms with Crippen LogP contribution in [0, 0.1) is 0 Å². The molecule has 3 nitrogen and oxygen atoms in total. The summed E-state index contributed by atoms with van der Waals surface area (Å²) in [5, 5.41) is 2.97. The third-order valence-electron chi connectivity index (χ3n) is 3.87. The van der Waals surface area contributed by atoms with Crippen molar-refractivity contribution in [2.45, 2.75) is 0 Å². The molecule has 0 aliphatic carbocycles. The van der Waals surface area contributed by atoms with Gasteiger partial charge in [-0.1, -0.05) is 48.5 Å². The summed E-state index contributed by atoms with van der Waals surface area (Å²) < 4.78 is 0. The molecule has 0 aromatic heterocycles. The summed E-state index contributed by atoms with van der Waals surface area (Å²) in [5.41, 5.74) is 5.32. The van der Waals surface area contributed by atoms with Crippen molar-refractivity contribution in [3.63, 3.8) is 0 Å². The fourth-order valence-corrected chi connectivity index (χ4v) is 2.90. The maximum Gasteiger partial charge on any atom is 0.250 e. The van der Waals surface area contributed by atoms with Gasteiger partial charge < -0.3 is 10.2 Å². The smallest absolute Gasteiger partial charge is 0.250 e. The van der Waals surface area contributed by atoms with Crippen molar-refractivity contribution in [3.8, 4) is 0 Å². The van der Waals surface area contributed by atoms with E-state index in [1.165, 1.54) is 0 Å². The Morgan fingerprint density at radius 3 is 2.29 bits per heavy atom.